The normalized spacial score (nSPS) is 13.1. The van der Waals surface area contributed by atoms with Crippen molar-refractivity contribution in [3.63, 3.8) is 0 Å². The minimum absolute atomic E-state index is 0.0959. The standard InChI is InChI=1S/C9H15N3O2/c1-11(2)8(4-9(13)14)7-5-10-12(3)6-7/h5-6,8H,4H2,1-3H3,(H,13,14). The van der Waals surface area contributed by atoms with Crippen molar-refractivity contribution in [3.05, 3.63) is 18.0 Å². The van der Waals surface area contributed by atoms with Gasteiger partial charge in [-0.2, -0.15) is 5.10 Å². The summed E-state index contributed by atoms with van der Waals surface area (Å²) in [6, 6.07) is -0.110. The van der Waals surface area contributed by atoms with Crippen LogP contribution in [0.2, 0.25) is 0 Å². The fourth-order valence-electron chi connectivity index (χ4n) is 1.38. The molecule has 1 heterocycles. The van der Waals surface area contributed by atoms with E-state index in [0.717, 1.165) is 5.56 Å². The van der Waals surface area contributed by atoms with Gasteiger partial charge in [-0.1, -0.05) is 0 Å². The zero-order valence-corrected chi connectivity index (χ0v) is 8.64. The molecule has 1 aromatic heterocycles. The van der Waals surface area contributed by atoms with Gasteiger partial charge in [-0.15, -0.1) is 0 Å². The van der Waals surface area contributed by atoms with Crippen LogP contribution < -0.4 is 0 Å². The lowest BCUT2D eigenvalue weighted by Gasteiger charge is -2.21. The Morgan fingerprint density at radius 3 is 2.71 bits per heavy atom. The summed E-state index contributed by atoms with van der Waals surface area (Å²) in [5.74, 6) is -0.799. The molecule has 0 aliphatic carbocycles. The van der Waals surface area contributed by atoms with Gasteiger partial charge in [0.05, 0.1) is 12.6 Å². The number of hydrogen-bond donors (Lipinski definition) is 1. The molecule has 1 unspecified atom stereocenters. The maximum absolute atomic E-state index is 10.6. The van der Waals surface area contributed by atoms with E-state index in [1.807, 2.05) is 32.2 Å². The highest BCUT2D eigenvalue weighted by Crippen LogP contribution is 2.20. The Labute approximate surface area is 82.9 Å². The molecule has 0 bridgehead atoms. The number of carboxylic acids is 1. The first-order valence-electron chi connectivity index (χ1n) is 4.37. The van der Waals surface area contributed by atoms with E-state index in [0.29, 0.717) is 0 Å². The van der Waals surface area contributed by atoms with E-state index >= 15 is 0 Å². The highest BCUT2D eigenvalue weighted by molar-refractivity contribution is 5.67. The number of carbonyl (C=O) groups is 1. The van der Waals surface area contributed by atoms with Gasteiger partial charge in [-0.3, -0.25) is 9.48 Å². The van der Waals surface area contributed by atoms with Crippen molar-refractivity contribution in [2.24, 2.45) is 7.05 Å². The Morgan fingerprint density at radius 2 is 2.36 bits per heavy atom. The second-order valence-electron chi connectivity index (χ2n) is 3.52. The largest absolute Gasteiger partial charge is 0.481 e. The van der Waals surface area contributed by atoms with Gasteiger partial charge in [0, 0.05) is 24.8 Å². The van der Waals surface area contributed by atoms with Crippen LogP contribution in [0.4, 0.5) is 0 Å². The predicted octanol–water partition coefficient (Wildman–Crippen LogP) is 0.497. The minimum Gasteiger partial charge on any atom is -0.481 e. The molecule has 1 aromatic rings. The second kappa shape index (κ2) is 4.23. The lowest BCUT2D eigenvalue weighted by atomic mass is 10.1. The van der Waals surface area contributed by atoms with Crippen molar-refractivity contribution >= 4 is 5.97 Å². The van der Waals surface area contributed by atoms with Crippen LogP contribution in [0.15, 0.2) is 12.4 Å². The Hall–Kier alpha value is -1.36. The average Bonchev–Trinajstić information content (AvgIpc) is 2.46. The summed E-state index contributed by atoms with van der Waals surface area (Å²) >= 11 is 0. The first-order chi connectivity index (χ1) is 6.50. The van der Waals surface area contributed by atoms with Crippen LogP contribution in [-0.4, -0.2) is 39.9 Å². The van der Waals surface area contributed by atoms with Crippen LogP contribution in [-0.2, 0) is 11.8 Å². The topological polar surface area (TPSA) is 58.4 Å². The van der Waals surface area contributed by atoms with Crippen molar-refractivity contribution in [1.82, 2.24) is 14.7 Å². The van der Waals surface area contributed by atoms with Crippen molar-refractivity contribution in [1.29, 1.82) is 0 Å². The molecule has 1 N–H and O–H groups in total. The third-order valence-electron chi connectivity index (χ3n) is 2.10. The van der Waals surface area contributed by atoms with Crippen LogP contribution in [0.25, 0.3) is 0 Å². The number of aryl methyl sites for hydroxylation is 1. The molecule has 14 heavy (non-hydrogen) atoms. The molecular formula is C9H15N3O2. The molecule has 5 nitrogen and oxygen atoms in total. The molecular weight excluding hydrogens is 182 g/mol. The van der Waals surface area contributed by atoms with Gasteiger partial charge in [0.2, 0.25) is 0 Å². The Kier molecular flexibility index (Phi) is 3.24. The number of hydrogen-bond acceptors (Lipinski definition) is 3. The first-order valence-corrected chi connectivity index (χ1v) is 4.37. The molecule has 78 valence electrons. The van der Waals surface area contributed by atoms with E-state index in [1.165, 1.54) is 0 Å². The summed E-state index contributed by atoms with van der Waals surface area (Å²) in [5, 5.41) is 12.8. The van der Waals surface area contributed by atoms with Crippen LogP contribution >= 0.6 is 0 Å². The molecule has 0 saturated heterocycles. The van der Waals surface area contributed by atoms with Gasteiger partial charge in [0.1, 0.15) is 0 Å². The minimum atomic E-state index is -0.799. The number of carboxylic acid groups (broad SMARTS) is 1. The van der Waals surface area contributed by atoms with E-state index in [2.05, 4.69) is 5.10 Å². The predicted molar refractivity (Wildman–Crippen MR) is 51.9 cm³/mol. The monoisotopic (exact) mass is 197 g/mol. The van der Waals surface area contributed by atoms with Gasteiger partial charge in [-0.25, -0.2) is 0 Å². The van der Waals surface area contributed by atoms with Crippen molar-refractivity contribution in [2.75, 3.05) is 14.1 Å². The molecule has 0 aliphatic heterocycles. The molecule has 0 spiro atoms. The van der Waals surface area contributed by atoms with E-state index in [1.54, 1.807) is 10.9 Å². The zero-order valence-electron chi connectivity index (χ0n) is 8.64. The lowest BCUT2D eigenvalue weighted by Crippen LogP contribution is -2.22. The second-order valence-corrected chi connectivity index (χ2v) is 3.52. The smallest absolute Gasteiger partial charge is 0.305 e. The molecule has 0 fully saturated rings. The summed E-state index contributed by atoms with van der Waals surface area (Å²) < 4.78 is 1.67. The van der Waals surface area contributed by atoms with Crippen LogP contribution in [0.5, 0.6) is 0 Å². The Balaban J connectivity index is 2.82. The maximum Gasteiger partial charge on any atom is 0.305 e. The number of aromatic nitrogens is 2. The van der Waals surface area contributed by atoms with Crippen LogP contribution in [0.1, 0.15) is 18.0 Å². The summed E-state index contributed by atoms with van der Waals surface area (Å²) in [7, 11) is 5.54. The van der Waals surface area contributed by atoms with E-state index in [-0.39, 0.29) is 12.5 Å². The number of rotatable bonds is 4. The molecule has 0 saturated carbocycles. The van der Waals surface area contributed by atoms with Crippen LogP contribution in [0, 0.1) is 0 Å². The van der Waals surface area contributed by atoms with E-state index in [4.69, 9.17) is 5.11 Å². The fraction of sp³-hybridized carbons (Fsp3) is 0.556. The zero-order chi connectivity index (χ0) is 10.7. The SMILES string of the molecule is CN(C)C(CC(=O)O)c1cnn(C)c1. The average molecular weight is 197 g/mol. The van der Waals surface area contributed by atoms with Gasteiger partial charge in [-0.05, 0) is 14.1 Å². The van der Waals surface area contributed by atoms with Crippen LogP contribution in [0.3, 0.4) is 0 Å². The third-order valence-corrected chi connectivity index (χ3v) is 2.10. The van der Waals surface area contributed by atoms with Crippen molar-refractivity contribution in [2.45, 2.75) is 12.5 Å². The van der Waals surface area contributed by atoms with Gasteiger partial charge >= 0.3 is 5.97 Å². The molecule has 0 radical (unpaired) electrons. The Morgan fingerprint density at radius 1 is 1.71 bits per heavy atom. The number of aliphatic carboxylic acids is 1. The van der Waals surface area contributed by atoms with Crippen molar-refractivity contribution in [3.8, 4) is 0 Å². The molecule has 5 heteroatoms. The summed E-state index contributed by atoms with van der Waals surface area (Å²) in [6.45, 7) is 0. The highest BCUT2D eigenvalue weighted by Gasteiger charge is 2.18. The lowest BCUT2D eigenvalue weighted by molar-refractivity contribution is -0.138. The maximum atomic E-state index is 10.6. The van der Waals surface area contributed by atoms with Crippen molar-refractivity contribution < 1.29 is 9.90 Å². The van der Waals surface area contributed by atoms with Gasteiger partial charge in [0.15, 0.2) is 0 Å². The molecule has 1 atom stereocenters. The van der Waals surface area contributed by atoms with Gasteiger partial charge < -0.3 is 10.0 Å². The number of nitrogens with zero attached hydrogens (tertiary/aromatic N) is 3. The Bertz CT molecular complexity index is 320. The third kappa shape index (κ3) is 2.56. The molecule has 0 aromatic carbocycles. The quantitative estimate of drug-likeness (QED) is 0.763. The first kappa shape index (κ1) is 10.7. The summed E-state index contributed by atoms with van der Waals surface area (Å²) in [5.41, 5.74) is 0.930. The molecule has 0 amide bonds. The van der Waals surface area contributed by atoms with E-state index in [9.17, 15) is 4.79 Å². The van der Waals surface area contributed by atoms with Gasteiger partial charge in [0.25, 0.3) is 0 Å². The summed E-state index contributed by atoms with van der Waals surface area (Å²) in [6.07, 6.45) is 3.64. The molecule has 0 aliphatic rings. The van der Waals surface area contributed by atoms with E-state index < -0.39 is 5.97 Å². The molecule has 1 rings (SSSR count). The highest BCUT2D eigenvalue weighted by atomic mass is 16.4. The fourth-order valence-corrected chi connectivity index (χ4v) is 1.38. The summed E-state index contributed by atoms with van der Waals surface area (Å²) in [4.78, 5) is 12.5.